The van der Waals surface area contributed by atoms with Gasteiger partial charge in [0.15, 0.2) is 11.5 Å². The van der Waals surface area contributed by atoms with Crippen molar-refractivity contribution in [2.24, 2.45) is 11.3 Å². The van der Waals surface area contributed by atoms with Crippen LogP contribution in [-0.2, 0) is 0 Å². The smallest absolute Gasteiger partial charge is 0.407 e. The molecule has 1 aliphatic heterocycles. The highest BCUT2D eigenvalue weighted by molar-refractivity contribution is 5.86. The van der Waals surface area contributed by atoms with Crippen molar-refractivity contribution < 1.29 is 23.4 Å². The number of aromatic nitrogens is 4. The van der Waals surface area contributed by atoms with Gasteiger partial charge >= 0.3 is 6.09 Å². The number of pyridine rings is 2. The van der Waals surface area contributed by atoms with Crippen molar-refractivity contribution in [1.82, 2.24) is 24.5 Å². The lowest BCUT2D eigenvalue weighted by molar-refractivity contribution is 0.00723. The van der Waals surface area contributed by atoms with E-state index in [-0.39, 0.29) is 25.3 Å². The van der Waals surface area contributed by atoms with Gasteiger partial charge in [0.05, 0.1) is 0 Å². The Labute approximate surface area is 206 Å². The number of nitrogens with zero attached hydrogens (tertiary/aromatic N) is 5. The molecule has 1 fully saturated rings. The normalized spacial score (nSPS) is 21.0. The zero-order valence-electron chi connectivity index (χ0n) is 20.2. The molecule has 0 aliphatic carbocycles. The lowest BCUT2D eigenvalue weighted by atomic mass is 9.76. The van der Waals surface area contributed by atoms with E-state index in [9.17, 15) is 14.3 Å². The molecular formula is C26H27F2N5O3. The molecule has 0 radical (unpaired) electrons. The summed E-state index contributed by atoms with van der Waals surface area (Å²) >= 11 is 0. The Hall–Kier alpha value is -3.82. The number of likely N-dealkylation sites (tertiary alicyclic amines) is 1. The first kappa shape index (κ1) is 23.9. The Morgan fingerprint density at radius 2 is 1.97 bits per heavy atom. The molecule has 36 heavy (non-hydrogen) atoms. The molecule has 8 nitrogen and oxygen atoms in total. The van der Waals surface area contributed by atoms with Crippen molar-refractivity contribution in [2.45, 2.75) is 39.5 Å². The van der Waals surface area contributed by atoms with E-state index >= 15 is 4.39 Å². The zero-order chi connectivity index (χ0) is 25.6. The summed E-state index contributed by atoms with van der Waals surface area (Å²) in [4.78, 5) is 17.6. The zero-order valence-corrected chi connectivity index (χ0v) is 20.2. The molecule has 0 saturated carbocycles. The van der Waals surface area contributed by atoms with E-state index in [4.69, 9.17) is 9.72 Å². The van der Waals surface area contributed by atoms with Crippen molar-refractivity contribution in [3.8, 4) is 17.3 Å². The molecule has 4 aromatic rings. The summed E-state index contributed by atoms with van der Waals surface area (Å²) in [5.41, 5.74) is 1.04. The van der Waals surface area contributed by atoms with Gasteiger partial charge < -0.3 is 14.7 Å². The summed E-state index contributed by atoms with van der Waals surface area (Å²) in [6.07, 6.45) is -1.72. The fraction of sp³-hybridized carbons (Fsp3) is 0.385. The number of amides is 1. The summed E-state index contributed by atoms with van der Waals surface area (Å²) in [6.45, 7) is 5.93. The van der Waals surface area contributed by atoms with Crippen molar-refractivity contribution in [2.75, 3.05) is 13.1 Å². The van der Waals surface area contributed by atoms with E-state index in [0.29, 0.717) is 28.1 Å². The van der Waals surface area contributed by atoms with Crippen molar-refractivity contribution in [3.05, 3.63) is 54.5 Å². The Balaban J connectivity index is 1.59. The number of alkyl halides is 1. The number of carbonyl (C=O) groups is 1. The van der Waals surface area contributed by atoms with E-state index in [1.54, 1.807) is 16.5 Å². The van der Waals surface area contributed by atoms with Gasteiger partial charge in [-0.05, 0) is 36.1 Å². The maximum absolute atomic E-state index is 15.5. The molecule has 1 aromatic carbocycles. The number of carboxylic acid groups (broad SMARTS) is 1. The molecule has 1 saturated heterocycles. The summed E-state index contributed by atoms with van der Waals surface area (Å²) in [5.74, 6) is -0.409. The highest BCUT2D eigenvalue weighted by atomic mass is 19.1. The first-order valence-corrected chi connectivity index (χ1v) is 11.8. The second-order valence-electron chi connectivity index (χ2n) is 10.2. The van der Waals surface area contributed by atoms with Gasteiger partial charge in [0.25, 0.3) is 0 Å². The number of rotatable bonds is 3. The van der Waals surface area contributed by atoms with Gasteiger partial charge in [-0.3, -0.25) is 4.40 Å². The molecule has 188 valence electrons. The lowest BCUT2D eigenvalue weighted by Gasteiger charge is -2.38. The van der Waals surface area contributed by atoms with Crippen LogP contribution in [0.4, 0.5) is 13.6 Å². The number of ether oxygens (including phenoxy) is 1. The topological polar surface area (TPSA) is 92.9 Å². The molecule has 10 heteroatoms. The van der Waals surface area contributed by atoms with E-state index in [1.807, 2.05) is 45.2 Å². The average Bonchev–Trinajstić information content (AvgIpc) is 3.17. The number of fused-ring (bicyclic) bond motifs is 2. The fourth-order valence-corrected chi connectivity index (χ4v) is 4.77. The van der Waals surface area contributed by atoms with Gasteiger partial charge in [0, 0.05) is 36.7 Å². The van der Waals surface area contributed by atoms with Crippen LogP contribution in [0.5, 0.6) is 5.75 Å². The Bertz CT molecular complexity index is 1430. The third kappa shape index (κ3) is 4.43. The van der Waals surface area contributed by atoms with Gasteiger partial charge in [-0.2, -0.15) is 0 Å². The predicted octanol–water partition coefficient (Wildman–Crippen LogP) is 5.22. The van der Waals surface area contributed by atoms with E-state index in [0.717, 1.165) is 0 Å². The van der Waals surface area contributed by atoms with Gasteiger partial charge in [-0.1, -0.05) is 32.9 Å². The lowest BCUT2D eigenvalue weighted by Crippen LogP contribution is -2.46. The van der Waals surface area contributed by atoms with Crippen LogP contribution in [0.3, 0.4) is 0 Å². The van der Waals surface area contributed by atoms with Crippen LogP contribution in [-0.4, -0.2) is 61.0 Å². The van der Waals surface area contributed by atoms with E-state index < -0.39 is 35.5 Å². The first-order valence-electron chi connectivity index (χ1n) is 11.8. The van der Waals surface area contributed by atoms with Crippen LogP contribution < -0.4 is 4.74 Å². The standard InChI is InChI=1S/C26H27F2N5O3/c1-26(2,3)17-14-32(25(34)35)11-9-18(28)23(17)36-20-13-16(27)12-15-7-8-19(29-22(15)20)24-31-30-21-6-4-5-10-33(21)24/h4-8,10,12-13,17-18,23H,9,11,14H2,1-3H3,(H,34,35). The van der Waals surface area contributed by atoms with Crippen LogP contribution in [0.15, 0.2) is 48.7 Å². The van der Waals surface area contributed by atoms with Gasteiger partial charge in [0.2, 0.25) is 0 Å². The minimum atomic E-state index is -1.44. The maximum atomic E-state index is 15.5. The number of benzene rings is 1. The van der Waals surface area contributed by atoms with Crippen LogP contribution in [0.25, 0.3) is 28.1 Å². The van der Waals surface area contributed by atoms with Gasteiger partial charge in [-0.25, -0.2) is 18.6 Å². The first-order chi connectivity index (χ1) is 17.1. The minimum absolute atomic E-state index is 0.0127. The van der Waals surface area contributed by atoms with Crippen molar-refractivity contribution in [3.63, 3.8) is 0 Å². The highest BCUT2D eigenvalue weighted by Crippen LogP contribution is 2.38. The van der Waals surface area contributed by atoms with Gasteiger partial charge in [0.1, 0.15) is 35.1 Å². The average molecular weight is 496 g/mol. The molecule has 1 N–H and O–H groups in total. The molecule has 3 atom stereocenters. The fourth-order valence-electron chi connectivity index (χ4n) is 4.77. The number of halogens is 2. The molecule has 5 rings (SSSR count). The summed E-state index contributed by atoms with van der Waals surface area (Å²) in [5, 5.41) is 18.5. The SMILES string of the molecule is CC(C)(C)C1CN(C(=O)O)CCC(F)C1Oc1cc(F)cc2ccc(-c3nnc4ccccn34)nc12. The quantitative estimate of drug-likeness (QED) is 0.419. The van der Waals surface area contributed by atoms with E-state index in [1.165, 1.54) is 17.0 Å². The highest BCUT2D eigenvalue weighted by Gasteiger charge is 2.43. The van der Waals surface area contributed by atoms with E-state index in [2.05, 4.69) is 10.2 Å². The van der Waals surface area contributed by atoms with Gasteiger partial charge in [-0.15, -0.1) is 10.2 Å². The Kier molecular flexibility index (Phi) is 5.97. The molecule has 4 heterocycles. The monoisotopic (exact) mass is 495 g/mol. The summed E-state index contributed by atoms with van der Waals surface area (Å²) in [6, 6.07) is 11.5. The maximum Gasteiger partial charge on any atom is 0.407 e. The molecule has 0 spiro atoms. The number of hydrogen-bond donors (Lipinski definition) is 1. The largest absolute Gasteiger partial charge is 0.485 e. The second-order valence-corrected chi connectivity index (χ2v) is 10.2. The Morgan fingerprint density at radius 1 is 1.17 bits per heavy atom. The third-order valence-corrected chi connectivity index (χ3v) is 6.76. The molecule has 1 aliphatic rings. The van der Waals surface area contributed by atoms with Crippen molar-refractivity contribution in [1.29, 1.82) is 0 Å². The molecule has 3 aromatic heterocycles. The molecule has 1 amide bonds. The van der Waals surface area contributed by atoms with Crippen LogP contribution in [0, 0.1) is 17.2 Å². The summed E-state index contributed by atoms with van der Waals surface area (Å²) < 4.78 is 38.1. The molecule has 0 bridgehead atoms. The van der Waals surface area contributed by atoms with Crippen LogP contribution in [0.2, 0.25) is 0 Å². The third-order valence-electron chi connectivity index (χ3n) is 6.76. The van der Waals surface area contributed by atoms with Crippen LogP contribution >= 0.6 is 0 Å². The minimum Gasteiger partial charge on any atom is -0.485 e. The van der Waals surface area contributed by atoms with Crippen LogP contribution in [0.1, 0.15) is 27.2 Å². The molecular weight excluding hydrogens is 468 g/mol. The Morgan fingerprint density at radius 3 is 2.72 bits per heavy atom. The molecule has 3 unspecified atom stereocenters. The number of hydrogen-bond acceptors (Lipinski definition) is 5. The summed E-state index contributed by atoms with van der Waals surface area (Å²) in [7, 11) is 0. The van der Waals surface area contributed by atoms with Crippen molar-refractivity contribution >= 4 is 22.6 Å². The second kappa shape index (κ2) is 9.00. The predicted molar refractivity (Wildman–Crippen MR) is 130 cm³/mol.